The first-order valence-corrected chi connectivity index (χ1v) is 7.67. The Morgan fingerprint density at radius 3 is 3.17 bits per heavy atom. The quantitative estimate of drug-likeness (QED) is 0.846. The van der Waals surface area contributed by atoms with Gasteiger partial charge in [0.15, 0.2) is 5.13 Å². The van der Waals surface area contributed by atoms with Crippen LogP contribution in [0.3, 0.4) is 0 Å². The van der Waals surface area contributed by atoms with Gasteiger partial charge >= 0.3 is 0 Å². The Kier molecular flexibility index (Phi) is 3.54. The fraction of sp³-hybridized carbons (Fsp3) is 0.769. The molecule has 100 valence electrons. The summed E-state index contributed by atoms with van der Waals surface area (Å²) in [7, 11) is 0. The van der Waals surface area contributed by atoms with Gasteiger partial charge in [-0.25, -0.2) is 4.98 Å². The van der Waals surface area contributed by atoms with Crippen molar-refractivity contribution in [2.24, 2.45) is 5.73 Å². The van der Waals surface area contributed by atoms with Crippen molar-refractivity contribution in [2.75, 3.05) is 24.6 Å². The summed E-state index contributed by atoms with van der Waals surface area (Å²) in [6.45, 7) is 4.99. The van der Waals surface area contributed by atoms with Crippen LogP contribution in [0.4, 0.5) is 5.13 Å². The van der Waals surface area contributed by atoms with E-state index in [2.05, 4.69) is 11.8 Å². The van der Waals surface area contributed by atoms with Gasteiger partial charge in [0.25, 0.3) is 0 Å². The minimum absolute atomic E-state index is 0.152. The Morgan fingerprint density at radius 2 is 2.33 bits per heavy atom. The van der Waals surface area contributed by atoms with Gasteiger partial charge in [-0.15, -0.1) is 11.3 Å². The van der Waals surface area contributed by atoms with Crippen LogP contribution in [0.1, 0.15) is 42.8 Å². The lowest BCUT2D eigenvalue weighted by molar-refractivity contribution is 0.0821. The van der Waals surface area contributed by atoms with Crippen molar-refractivity contribution in [2.45, 2.75) is 44.8 Å². The largest absolute Gasteiger partial charge is 0.377 e. The van der Waals surface area contributed by atoms with E-state index in [1.165, 1.54) is 11.3 Å². The average Bonchev–Trinajstić information content (AvgIpc) is 2.67. The molecule has 2 atom stereocenters. The molecule has 0 saturated carbocycles. The van der Waals surface area contributed by atoms with E-state index in [0.717, 1.165) is 49.8 Å². The van der Waals surface area contributed by atoms with E-state index in [1.54, 1.807) is 0 Å². The molecular formula is C13H21N3OS. The highest BCUT2D eigenvalue weighted by Crippen LogP contribution is 2.36. The third-order valence-corrected chi connectivity index (χ3v) is 4.90. The fourth-order valence-corrected chi connectivity index (χ4v) is 3.95. The number of rotatable bonds is 1. The summed E-state index contributed by atoms with van der Waals surface area (Å²) in [6, 6.07) is 0.152. The lowest BCUT2D eigenvalue weighted by Crippen LogP contribution is -2.30. The van der Waals surface area contributed by atoms with Crippen LogP contribution in [-0.2, 0) is 11.2 Å². The van der Waals surface area contributed by atoms with Crippen molar-refractivity contribution < 1.29 is 4.74 Å². The van der Waals surface area contributed by atoms with Gasteiger partial charge in [-0.05, 0) is 32.6 Å². The summed E-state index contributed by atoms with van der Waals surface area (Å²) in [4.78, 5) is 8.57. The minimum atomic E-state index is 0.152. The van der Waals surface area contributed by atoms with Gasteiger partial charge in [0.2, 0.25) is 0 Å². The van der Waals surface area contributed by atoms with Gasteiger partial charge in [-0.1, -0.05) is 0 Å². The predicted molar refractivity (Wildman–Crippen MR) is 74.2 cm³/mol. The molecule has 1 fully saturated rings. The number of thiazole rings is 1. The smallest absolute Gasteiger partial charge is 0.185 e. The summed E-state index contributed by atoms with van der Waals surface area (Å²) >= 11 is 1.84. The maximum atomic E-state index is 6.15. The molecule has 0 amide bonds. The van der Waals surface area contributed by atoms with Crippen molar-refractivity contribution in [3.05, 3.63) is 10.6 Å². The number of anilines is 1. The third-order valence-electron chi connectivity index (χ3n) is 3.71. The second kappa shape index (κ2) is 5.15. The van der Waals surface area contributed by atoms with Gasteiger partial charge in [0.05, 0.1) is 11.8 Å². The molecule has 1 aromatic heterocycles. The molecule has 2 N–H and O–H groups in total. The number of hydrogen-bond donors (Lipinski definition) is 1. The molecule has 1 saturated heterocycles. The van der Waals surface area contributed by atoms with Crippen LogP contribution in [-0.4, -0.2) is 30.8 Å². The highest BCUT2D eigenvalue weighted by Gasteiger charge is 2.25. The maximum absolute atomic E-state index is 6.15. The molecule has 18 heavy (non-hydrogen) atoms. The number of aryl methyl sites for hydroxylation is 1. The number of hydrogen-bond acceptors (Lipinski definition) is 5. The third kappa shape index (κ3) is 2.39. The van der Waals surface area contributed by atoms with Crippen LogP contribution in [0.5, 0.6) is 0 Å². The molecule has 1 aliphatic carbocycles. The molecule has 1 aliphatic heterocycles. The lowest BCUT2D eigenvalue weighted by Gasteiger charge is -2.21. The standard InChI is InChI=1S/C13H21N3OS/c1-9-8-16(6-3-7-17-9)13-15-12-10(14)4-2-5-11(12)18-13/h9-10H,2-8,14H2,1H3. The van der Waals surface area contributed by atoms with Crippen LogP contribution in [0.2, 0.25) is 0 Å². The normalized spacial score (nSPS) is 28.9. The SMILES string of the molecule is CC1CN(c2nc3c(s2)CCCC3N)CCCO1. The minimum Gasteiger partial charge on any atom is -0.377 e. The van der Waals surface area contributed by atoms with Gasteiger partial charge in [-0.3, -0.25) is 0 Å². The maximum Gasteiger partial charge on any atom is 0.185 e. The van der Waals surface area contributed by atoms with Gasteiger partial charge in [0, 0.05) is 30.6 Å². The van der Waals surface area contributed by atoms with Gasteiger partial charge in [-0.2, -0.15) is 0 Å². The number of nitrogens with two attached hydrogens (primary N) is 1. The van der Waals surface area contributed by atoms with Crippen LogP contribution < -0.4 is 10.6 Å². The van der Waals surface area contributed by atoms with Crippen molar-refractivity contribution in [3.63, 3.8) is 0 Å². The van der Waals surface area contributed by atoms with E-state index in [0.29, 0.717) is 6.10 Å². The summed E-state index contributed by atoms with van der Waals surface area (Å²) in [6.07, 6.45) is 4.81. The van der Waals surface area contributed by atoms with Crippen molar-refractivity contribution in [1.82, 2.24) is 4.98 Å². The van der Waals surface area contributed by atoms with Crippen molar-refractivity contribution in [1.29, 1.82) is 0 Å². The number of nitrogens with zero attached hydrogens (tertiary/aromatic N) is 2. The molecule has 2 unspecified atom stereocenters. The van der Waals surface area contributed by atoms with E-state index >= 15 is 0 Å². The molecule has 3 rings (SSSR count). The zero-order valence-electron chi connectivity index (χ0n) is 10.9. The molecule has 5 heteroatoms. The summed E-state index contributed by atoms with van der Waals surface area (Å²) in [5.41, 5.74) is 7.30. The van der Waals surface area contributed by atoms with Gasteiger partial charge in [0.1, 0.15) is 0 Å². The van der Waals surface area contributed by atoms with Crippen molar-refractivity contribution >= 4 is 16.5 Å². The molecule has 1 aromatic rings. The summed E-state index contributed by atoms with van der Waals surface area (Å²) < 4.78 is 5.69. The Bertz CT molecular complexity index is 420. The highest BCUT2D eigenvalue weighted by atomic mass is 32.1. The van der Waals surface area contributed by atoms with E-state index in [1.807, 2.05) is 11.3 Å². The molecule has 0 radical (unpaired) electrons. The Hall–Kier alpha value is -0.650. The van der Waals surface area contributed by atoms with Crippen LogP contribution in [0.25, 0.3) is 0 Å². The number of aromatic nitrogens is 1. The molecule has 0 aromatic carbocycles. The van der Waals surface area contributed by atoms with Gasteiger partial charge < -0.3 is 15.4 Å². The second-order valence-corrected chi connectivity index (χ2v) is 6.35. The molecule has 0 spiro atoms. The lowest BCUT2D eigenvalue weighted by atomic mass is 9.99. The van der Waals surface area contributed by atoms with E-state index in [4.69, 9.17) is 15.5 Å². The summed E-state index contributed by atoms with van der Waals surface area (Å²) in [5.74, 6) is 0. The number of fused-ring (bicyclic) bond motifs is 1. The Balaban J connectivity index is 1.83. The first kappa shape index (κ1) is 12.4. The topological polar surface area (TPSA) is 51.4 Å². The molecule has 4 nitrogen and oxygen atoms in total. The van der Waals surface area contributed by atoms with E-state index in [9.17, 15) is 0 Å². The Morgan fingerprint density at radius 1 is 1.44 bits per heavy atom. The Labute approximate surface area is 112 Å². The van der Waals surface area contributed by atoms with E-state index in [-0.39, 0.29) is 6.04 Å². The highest BCUT2D eigenvalue weighted by molar-refractivity contribution is 7.15. The van der Waals surface area contributed by atoms with Crippen LogP contribution in [0, 0.1) is 0 Å². The molecule has 0 bridgehead atoms. The predicted octanol–water partition coefficient (Wildman–Crippen LogP) is 2.09. The average molecular weight is 267 g/mol. The van der Waals surface area contributed by atoms with Crippen LogP contribution in [0.15, 0.2) is 0 Å². The molecule has 2 heterocycles. The second-order valence-electron chi connectivity index (χ2n) is 5.28. The van der Waals surface area contributed by atoms with Crippen LogP contribution >= 0.6 is 11.3 Å². The van der Waals surface area contributed by atoms with Crippen molar-refractivity contribution in [3.8, 4) is 0 Å². The monoisotopic (exact) mass is 267 g/mol. The zero-order valence-corrected chi connectivity index (χ0v) is 11.7. The molecular weight excluding hydrogens is 246 g/mol. The fourth-order valence-electron chi connectivity index (χ4n) is 2.74. The zero-order chi connectivity index (χ0) is 12.5. The first-order valence-electron chi connectivity index (χ1n) is 6.86. The number of ether oxygens (including phenoxy) is 1. The van der Waals surface area contributed by atoms with E-state index < -0.39 is 0 Å². The summed E-state index contributed by atoms with van der Waals surface area (Å²) in [5, 5.41) is 1.15. The molecule has 2 aliphatic rings. The first-order chi connectivity index (χ1) is 8.74.